The van der Waals surface area contributed by atoms with E-state index in [9.17, 15) is 0 Å². The van der Waals surface area contributed by atoms with Crippen molar-refractivity contribution in [2.24, 2.45) is 0 Å². The summed E-state index contributed by atoms with van der Waals surface area (Å²) in [4.78, 5) is 6.92. The second-order valence-electron chi connectivity index (χ2n) is 4.16. The van der Waals surface area contributed by atoms with Gasteiger partial charge in [-0.3, -0.25) is 0 Å². The fourth-order valence-electron chi connectivity index (χ4n) is 1.69. The van der Waals surface area contributed by atoms with E-state index in [0.717, 1.165) is 43.5 Å². The average molecular weight is 267 g/mol. The summed E-state index contributed by atoms with van der Waals surface area (Å²) in [5.74, 6) is 1.11. The third-order valence-electron chi connectivity index (χ3n) is 2.93. The van der Waals surface area contributed by atoms with E-state index in [1.165, 1.54) is 5.56 Å². The van der Waals surface area contributed by atoms with Crippen molar-refractivity contribution in [3.8, 4) is 0 Å². The first-order valence-corrected chi connectivity index (χ1v) is 7.79. The van der Waals surface area contributed by atoms with Crippen LogP contribution in [-0.4, -0.2) is 41.8 Å². The van der Waals surface area contributed by atoms with Gasteiger partial charge in [0.25, 0.3) is 0 Å². The number of rotatable bonds is 9. The van der Waals surface area contributed by atoms with Crippen LogP contribution in [0.4, 0.5) is 0 Å². The molecule has 0 bridgehead atoms. The SMILES string of the molecule is CCNCc1ccc(SCCN(CC)CC)nc1. The number of thioether (sulfide) groups is 1. The summed E-state index contributed by atoms with van der Waals surface area (Å²) in [6.07, 6.45) is 1.97. The van der Waals surface area contributed by atoms with Crippen LogP contribution in [0.1, 0.15) is 26.3 Å². The van der Waals surface area contributed by atoms with Crippen molar-refractivity contribution >= 4 is 11.8 Å². The van der Waals surface area contributed by atoms with Crippen molar-refractivity contribution in [1.82, 2.24) is 15.2 Å². The predicted octanol–water partition coefficient (Wildman–Crippen LogP) is 2.63. The molecular weight excluding hydrogens is 242 g/mol. The van der Waals surface area contributed by atoms with E-state index in [2.05, 4.69) is 48.1 Å². The Labute approximate surface area is 115 Å². The molecule has 4 heteroatoms. The lowest BCUT2D eigenvalue weighted by molar-refractivity contribution is 0.324. The molecule has 0 aromatic carbocycles. The first kappa shape index (κ1) is 15.5. The van der Waals surface area contributed by atoms with Gasteiger partial charge in [0.2, 0.25) is 0 Å². The molecule has 18 heavy (non-hydrogen) atoms. The smallest absolute Gasteiger partial charge is 0.0960 e. The second kappa shape index (κ2) is 9.36. The average Bonchev–Trinajstić information content (AvgIpc) is 2.42. The third kappa shape index (κ3) is 5.85. The quantitative estimate of drug-likeness (QED) is 0.696. The van der Waals surface area contributed by atoms with E-state index in [4.69, 9.17) is 0 Å². The molecule has 102 valence electrons. The maximum Gasteiger partial charge on any atom is 0.0960 e. The van der Waals surface area contributed by atoms with Gasteiger partial charge in [-0.05, 0) is 31.3 Å². The standard InChI is InChI=1S/C14H25N3S/c1-4-15-11-13-7-8-14(16-12-13)18-10-9-17(5-2)6-3/h7-8,12,15H,4-6,9-11H2,1-3H3. The number of pyridine rings is 1. The van der Waals surface area contributed by atoms with Gasteiger partial charge in [0, 0.05) is 25.0 Å². The fourth-order valence-corrected chi connectivity index (χ4v) is 2.54. The first-order valence-electron chi connectivity index (χ1n) is 6.80. The Morgan fingerprint density at radius 3 is 2.56 bits per heavy atom. The van der Waals surface area contributed by atoms with E-state index >= 15 is 0 Å². The van der Waals surface area contributed by atoms with Crippen molar-refractivity contribution in [2.75, 3.05) is 31.9 Å². The Morgan fingerprint density at radius 1 is 1.22 bits per heavy atom. The summed E-state index contributed by atoms with van der Waals surface area (Å²) < 4.78 is 0. The highest BCUT2D eigenvalue weighted by Gasteiger charge is 2.01. The highest BCUT2D eigenvalue weighted by atomic mass is 32.2. The Balaban J connectivity index is 2.30. The van der Waals surface area contributed by atoms with Crippen LogP contribution >= 0.6 is 11.8 Å². The number of hydrogen-bond donors (Lipinski definition) is 1. The largest absolute Gasteiger partial charge is 0.313 e. The molecule has 1 aromatic heterocycles. The number of aromatic nitrogens is 1. The normalized spacial score (nSPS) is 11.1. The molecule has 0 saturated heterocycles. The van der Waals surface area contributed by atoms with Crippen LogP contribution in [0.5, 0.6) is 0 Å². The Morgan fingerprint density at radius 2 is 2.00 bits per heavy atom. The van der Waals surface area contributed by atoms with E-state index in [1.54, 1.807) is 0 Å². The minimum absolute atomic E-state index is 0.911. The van der Waals surface area contributed by atoms with Crippen molar-refractivity contribution in [2.45, 2.75) is 32.3 Å². The first-order chi connectivity index (χ1) is 8.80. The highest BCUT2D eigenvalue weighted by Crippen LogP contribution is 2.15. The van der Waals surface area contributed by atoms with Gasteiger partial charge in [0.1, 0.15) is 0 Å². The van der Waals surface area contributed by atoms with Gasteiger partial charge >= 0.3 is 0 Å². The fraction of sp³-hybridized carbons (Fsp3) is 0.643. The van der Waals surface area contributed by atoms with Gasteiger partial charge in [0.05, 0.1) is 5.03 Å². The molecule has 0 atom stereocenters. The Kier molecular flexibility index (Phi) is 8.05. The molecule has 1 aromatic rings. The van der Waals surface area contributed by atoms with Crippen LogP contribution in [0.2, 0.25) is 0 Å². The molecule has 1 heterocycles. The van der Waals surface area contributed by atoms with E-state index < -0.39 is 0 Å². The highest BCUT2D eigenvalue weighted by molar-refractivity contribution is 7.99. The van der Waals surface area contributed by atoms with Crippen molar-refractivity contribution in [3.05, 3.63) is 23.9 Å². The molecule has 0 aliphatic rings. The Hall–Kier alpha value is -0.580. The lowest BCUT2D eigenvalue weighted by Gasteiger charge is -2.17. The molecule has 0 amide bonds. The Bertz CT molecular complexity index is 309. The molecule has 3 nitrogen and oxygen atoms in total. The minimum Gasteiger partial charge on any atom is -0.313 e. The number of hydrogen-bond acceptors (Lipinski definition) is 4. The second-order valence-corrected chi connectivity index (χ2v) is 5.28. The lowest BCUT2D eigenvalue weighted by Crippen LogP contribution is -2.25. The summed E-state index contributed by atoms with van der Waals surface area (Å²) in [5, 5.41) is 4.43. The van der Waals surface area contributed by atoms with Crippen LogP contribution in [0.25, 0.3) is 0 Å². The summed E-state index contributed by atoms with van der Waals surface area (Å²) in [7, 11) is 0. The van der Waals surface area contributed by atoms with Crippen LogP contribution in [0.15, 0.2) is 23.4 Å². The van der Waals surface area contributed by atoms with E-state index in [-0.39, 0.29) is 0 Å². The monoisotopic (exact) mass is 267 g/mol. The molecule has 1 rings (SSSR count). The van der Waals surface area contributed by atoms with Gasteiger partial charge in [0.15, 0.2) is 0 Å². The molecule has 0 saturated carbocycles. The van der Waals surface area contributed by atoms with Crippen LogP contribution in [0, 0.1) is 0 Å². The molecule has 0 spiro atoms. The van der Waals surface area contributed by atoms with Crippen molar-refractivity contribution in [1.29, 1.82) is 0 Å². The van der Waals surface area contributed by atoms with Gasteiger partial charge in [-0.2, -0.15) is 0 Å². The maximum atomic E-state index is 4.48. The summed E-state index contributed by atoms with van der Waals surface area (Å²) in [5.41, 5.74) is 1.25. The van der Waals surface area contributed by atoms with Crippen LogP contribution in [-0.2, 0) is 6.54 Å². The van der Waals surface area contributed by atoms with Crippen LogP contribution in [0.3, 0.4) is 0 Å². The zero-order valence-electron chi connectivity index (χ0n) is 11.8. The molecule has 0 aliphatic heterocycles. The van der Waals surface area contributed by atoms with Gasteiger partial charge in [-0.15, -0.1) is 11.8 Å². The molecule has 0 fully saturated rings. The molecule has 0 radical (unpaired) electrons. The number of nitrogens with one attached hydrogen (secondary N) is 1. The van der Waals surface area contributed by atoms with Crippen LogP contribution < -0.4 is 5.32 Å². The van der Waals surface area contributed by atoms with Crippen molar-refractivity contribution in [3.63, 3.8) is 0 Å². The predicted molar refractivity (Wildman–Crippen MR) is 80.1 cm³/mol. The summed E-state index contributed by atoms with van der Waals surface area (Å²) in [6.45, 7) is 11.8. The van der Waals surface area contributed by atoms with E-state index in [1.807, 2.05) is 18.0 Å². The summed E-state index contributed by atoms with van der Waals surface area (Å²) in [6, 6.07) is 4.29. The van der Waals surface area contributed by atoms with E-state index in [0.29, 0.717) is 0 Å². The van der Waals surface area contributed by atoms with Gasteiger partial charge in [-0.25, -0.2) is 4.98 Å². The molecule has 0 aliphatic carbocycles. The third-order valence-corrected chi connectivity index (χ3v) is 3.85. The maximum absolute atomic E-state index is 4.48. The van der Waals surface area contributed by atoms with Gasteiger partial charge < -0.3 is 10.2 Å². The molecule has 0 unspecified atom stereocenters. The van der Waals surface area contributed by atoms with Gasteiger partial charge in [-0.1, -0.05) is 26.8 Å². The zero-order chi connectivity index (χ0) is 13.2. The number of nitrogens with zero attached hydrogens (tertiary/aromatic N) is 2. The van der Waals surface area contributed by atoms with Crippen molar-refractivity contribution < 1.29 is 0 Å². The lowest BCUT2D eigenvalue weighted by atomic mass is 10.3. The molecule has 1 N–H and O–H groups in total. The zero-order valence-corrected chi connectivity index (χ0v) is 12.6. The summed E-state index contributed by atoms with van der Waals surface area (Å²) >= 11 is 1.84. The topological polar surface area (TPSA) is 28.2 Å². The molecular formula is C14H25N3S. The minimum atomic E-state index is 0.911.